The van der Waals surface area contributed by atoms with Gasteiger partial charge in [0.2, 0.25) is 0 Å². The first-order valence-electron chi connectivity index (χ1n) is 2.71. The van der Waals surface area contributed by atoms with Crippen molar-refractivity contribution < 1.29 is 9.90 Å². The van der Waals surface area contributed by atoms with E-state index in [-0.39, 0.29) is 1.93 Å². The van der Waals surface area contributed by atoms with E-state index in [2.05, 4.69) is 45.2 Å². The van der Waals surface area contributed by atoms with E-state index in [0.29, 0.717) is 5.56 Å². The maximum absolute atomic E-state index is 10.6. The smallest absolute Gasteiger partial charge is 0.336 e. The lowest BCUT2D eigenvalue weighted by atomic mass is 10.3. The molecule has 5 heteroatoms. The maximum Gasteiger partial charge on any atom is 0.336 e. The van der Waals surface area contributed by atoms with Gasteiger partial charge in [0.25, 0.3) is 0 Å². The summed E-state index contributed by atoms with van der Waals surface area (Å²) in [6.45, 7) is 0. The molecule has 1 rings (SSSR count). The van der Waals surface area contributed by atoms with Gasteiger partial charge in [-0.1, -0.05) is 45.2 Å². The minimum atomic E-state index is -0.834. The Bertz CT molecular complexity index is 269. The molecule has 0 saturated heterocycles. The Morgan fingerprint density at radius 1 is 1.64 bits per heavy atom. The summed E-state index contributed by atoms with van der Waals surface area (Å²) in [6.07, 6.45) is 0. The van der Waals surface area contributed by atoms with Crippen molar-refractivity contribution in [2.75, 3.05) is 0 Å². The summed E-state index contributed by atoms with van der Waals surface area (Å²) in [4.78, 5) is 11.5. The Kier molecular flexibility index (Phi) is 3.56. The van der Waals surface area contributed by atoms with E-state index >= 15 is 0 Å². The first-order chi connectivity index (χ1) is 5.13. The molecule has 0 aliphatic heterocycles. The summed E-state index contributed by atoms with van der Waals surface area (Å²) in [5, 5.41) is 10.5. The molecule has 0 aromatic carbocycles. The van der Waals surface area contributed by atoms with Gasteiger partial charge in [-0.15, -0.1) is 11.3 Å². The molecule has 2 nitrogen and oxygen atoms in total. The molecule has 1 heterocycles. The highest BCUT2D eigenvalue weighted by atomic mass is 127. The zero-order valence-electron chi connectivity index (χ0n) is 5.25. The number of carboxylic acids is 1. The highest BCUT2D eigenvalue weighted by Crippen LogP contribution is 2.36. The second-order valence-corrected chi connectivity index (χ2v) is 7.63. The van der Waals surface area contributed by atoms with Crippen molar-refractivity contribution in [3.63, 3.8) is 0 Å². The molecule has 0 fully saturated rings. The van der Waals surface area contributed by atoms with Crippen LogP contribution in [0, 0.1) is 0 Å². The van der Waals surface area contributed by atoms with Gasteiger partial charge in [0.1, 0.15) is 0 Å². The van der Waals surface area contributed by atoms with Crippen LogP contribution in [0.15, 0.2) is 11.4 Å². The Hall–Kier alpha value is 0.630. The fourth-order valence-corrected chi connectivity index (χ4v) is 2.95. The third kappa shape index (κ3) is 2.28. The average Bonchev–Trinajstić information content (AvgIpc) is 2.32. The lowest BCUT2D eigenvalue weighted by molar-refractivity contribution is 0.0697. The molecule has 0 saturated carbocycles. The van der Waals surface area contributed by atoms with Gasteiger partial charge in [0.15, 0.2) is 0 Å². The topological polar surface area (TPSA) is 37.3 Å². The third-order valence-corrected chi connectivity index (χ3v) is 4.20. The van der Waals surface area contributed by atoms with Crippen LogP contribution in [-0.2, 0) is 0 Å². The summed E-state index contributed by atoms with van der Waals surface area (Å²) in [7, 11) is 0. The van der Waals surface area contributed by atoms with Crippen LogP contribution in [0.1, 0.15) is 17.2 Å². The van der Waals surface area contributed by atoms with Gasteiger partial charge in [0, 0.05) is 4.88 Å². The lowest BCUT2D eigenvalue weighted by Crippen LogP contribution is -1.96. The van der Waals surface area contributed by atoms with Crippen molar-refractivity contribution in [1.82, 2.24) is 0 Å². The zero-order valence-corrected chi connectivity index (χ0v) is 10.4. The minimum Gasteiger partial charge on any atom is -0.478 e. The normalized spacial score (nSPS) is 10.5. The second kappa shape index (κ2) is 4.04. The fraction of sp³-hybridized carbons (Fsp3) is 0.167. The summed E-state index contributed by atoms with van der Waals surface area (Å²) in [5.74, 6) is -0.834. The number of halogens is 2. The van der Waals surface area contributed by atoms with E-state index in [4.69, 9.17) is 5.11 Å². The molecule has 1 aromatic rings. The van der Waals surface area contributed by atoms with Gasteiger partial charge in [-0.05, 0) is 11.4 Å². The Morgan fingerprint density at radius 2 is 2.27 bits per heavy atom. The Morgan fingerprint density at radius 3 is 2.64 bits per heavy atom. The van der Waals surface area contributed by atoms with E-state index in [9.17, 15) is 4.79 Å². The summed E-state index contributed by atoms with van der Waals surface area (Å²) < 4.78 is 0.247. The summed E-state index contributed by atoms with van der Waals surface area (Å²) in [6, 6.07) is 1.65. The molecule has 1 aromatic heterocycles. The van der Waals surface area contributed by atoms with Gasteiger partial charge in [-0.25, -0.2) is 4.79 Å². The van der Waals surface area contributed by atoms with Crippen LogP contribution in [0.25, 0.3) is 0 Å². The zero-order chi connectivity index (χ0) is 8.43. The van der Waals surface area contributed by atoms with Crippen molar-refractivity contribution in [2.45, 2.75) is 1.93 Å². The van der Waals surface area contributed by atoms with Crippen molar-refractivity contribution in [1.29, 1.82) is 0 Å². The number of alkyl halides is 2. The molecule has 0 atom stereocenters. The first-order valence-corrected chi connectivity index (χ1v) is 6.09. The lowest BCUT2D eigenvalue weighted by Gasteiger charge is -1.98. The number of carbonyl (C=O) groups is 1. The molecule has 0 spiro atoms. The highest BCUT2D eigenvalue weighted by Gasteiger charge is 2.15. The Balaban J connectivity index is 3.06. The van der Waals surface area contributed by atoms with E-state index in [1.807, 2.05) is 5.38 Å². The predicted octanol–water partition coefficient (Wildman–Crippen LogP) is 3.31. The van der Waals surface area contributed by atoms with Gasteiger partial charge in [0.05, 0.1) is 7.49 Å². The van der Waals surface area contributed by atoms with Gasteiger partial charge in [-0.3, -0.25) is 0 Å². The molecule has 0 aliphatic carbocycles. The van der Waals surface area contributed by atoms with E-state index in [1.165, 1.54) is 11.3 Å². The van der Waals surface area contributed by atoms with Crippen LogP contribution in [0.3, 0.4) is 0 Å². The van der Waals surface area contributed by atoms with Crippen LogP contribution in [-0.4, -0.2) is 11.1 Å². The fourth-order valence-electron chi connectivity index (χ4n) is 0.667. The van der Waals surface area contributed by atoms with Crippen LogP contribution in [0.5, 0.6) is 0 Å². The van der Waals surface area contributed by atoms with Gasteiger partial charge >= 0.3 is 5.97 Å². The molecular weight excluding hydrogens is 390 g/mol. The molecule has 0 amide bonds. The number of hydrogen-bond donors (Lipinski definition) is 1. The summed E-state index contributed by atoms with van der Waals surface area (Å²) in [5.41, 5.74) is 0.434. The van der Waals surface area contributed by atoms with Crippen molar-refractivity contribution >= 4 is 62.5 Å². The highest BCUT2D eigenvalue weighted by molar-refractivity contribution is 14.2. The Labute approximate surface area is 95.3 Å². The van der Waals surface area contributed by atoms with Crippen LogP contribution in [0.2, 0.25) is 0 Å². The maximum atomic E-state index is 10.6. The molecule has 0 aliphatic rings. The van der Waals surface area contributed by atoms with Crippen molar-refractivity contribution in [3.8, 4) is 0 Å². The van der Waals surface area contributed by atoms with Gasteiger partial charge in [-0.2, -0.15) is 0 Å². The molecule has 0 bridgehead atoms. The monoisotopic (exact) mass is 394 g/mol. The standard InChI is InChI=1S/C6H4I2O2S/c7-5(8)4-3(6(9)10)1-2-11-4/h1-2,5H,(H,9,10). The molecule has 11 heavy (non-hydrogen) atoms. The molecular formula is C6H4I2O2S. The average molecular weight is 394 g/mol. The molecule has 60 valence electrons. The number of rotatable bonds is 2. The number of hydrogen-bond acceptors (Lipinski definition) is 2. The van der Waals surface area contributed by atoms with Crippen LogP contribution >= 0.6 is 56.5 Å². The van der Waals surface area contributed by atoms with E-state index in [1.54, 1.807) is 6.07 Å². The van der Waals surface area contributed by atoms with Crippen LogP contribution in [0.4, 0.5) is 0 Å². The second-order valence-electron chi connectivity index (χ2n) is 1.80. The van der Waals surface area contributed by atoms with E-state index < -0.39 is 5.97 Å². The third-order valence-electron chi connectivity index (χ3n) is 1.12. The van der Waals surface area contributed by atoms with Crippen LogP contribution < -0.4 is 0 Å². The van der Waals surface area contributed by atoms with E-state index in [0.717, 1.165) is 4.88 Å². The molecule has 0 radical (unpaired) electrons. The minimum absolute atomic E-state index is 0.247. The summed E-state index contributed by atoms with van der Waals surface area (Å²) >= 11 is 5.89. The largest absolute Gasteiger partial charge is 0.478 e. The number of aromatic carboxylic acids is 1. The molecule has 1 N–H and O–H groups in total. The van der Waals surface area contributed by atoms with Gasteiger partial charge < -0.3 is 5.11 Å². The van der Waals surface area contributed by atoms with Crippen molar-refractivity contribution in [3.05, 3.63) is 21.9 Å². The van der Waals surface area contributed by atoms with Crippen molar-refractivity contribution in [2.24, 2.45) is 0 Å². The number of carboxylic acid groups (broad SMARTS) is 1. The predicted molar refractivity (Wildman–Crippen MR) is 62.1 cm³/mol. The number of thiophene rings is 1. The first kappa shape index (κ1) is 9.72. The molecule has 0 unspecified atom stereocenters. The quantitative estimate of drug-likeness (QED) is 0.618. The SMILES string of the molecule is O=C(O)c1ccsc1C(I)I.